The lowest BCUT2D eigenvalue weighted by Crippen LogP contribution is -2.29. The summed E-state index contributed by atoms with van der Waals surface area (Å²) in [7, 11) is 0. The minimum Gasteiger partial charge on any atom is -0.506 e. The molecule has 7 rings (SSSR count). The fourth-order valence-electron chi connectivity index (χ4n) is 7.76. The topological polar surface area (TPSA) is 78.8 Å². The molecule has 0 fully saturated rings. The Labute approximate surface area is 257 Å². The highest BCUT2D eigenvalue weighted by molar-refractivity contribution is 6.54. The molecule has 0 bridgehead atoms. The molecule has 2 atom stereocenters. The molecule has 0 radical (unpaired) electrons. The lowest BCUT2D eigenvalue weighted by molar-refractivity contribution is -0.131. The Morgan fingerprint density at radius 3 is 2.05 bits per heavy atom. The number of nitrogens with one attached hydrogen (secondary N) is 1. The SMILES string of the molecule is CCCC1(C)C(/C=C2\C(=O)C(=O)C(/C=C3/Nc4ccc5ccccc5c4C3(C)CCC)=C2O)=Nc2ccc3ccccc3c21. The number of ketones is 2. The molecule has 2 unspecified atom stereocenters. The monoisotopic (exact) mass is 580 g/mol. The van der Waals surface area contributed by atoms with Crippen LogP contribution in [0.25, 0.3) is 21.5 Å². The van der Waals surface area contributed by atoms with Crippen molar-refractivity contribution in [3.8, 4) is 0 Å². The maximum absolute atomic E-state index is 13.5. The zero-order valence-electron chi connectivity index (χ0n) is 25.6. The van der Waals surface area contributed by atoms with Crippen molar-refractivity contribution in [2.24, 2.45) is 4.99 Å². The predicted molar refractivity (Wildman–Crippen MR) is 179 cm³/mol. The molecule has 0 aromatic heterocycles. The van der Waals surface area contributed by atoms with Gasteiger partial charge in [0.25, 0.3) is 0 Å². The molecule has 2 N–H and O–H groups in total. The molecule has 0 saturated heterocycles. The minimum absolute atomic E-state index is 0.0122. The lowest BCUT2D eigenvalue weighted by Gasteiger charge is -2.27. The first kappa shape index (κ1) is 28.0. The summed E-state index contributed by atoms with van der Waals surface area (Å²) in [6.07, 6.45) is 6.83. The molecule has 1 aliphatic carbocycles. The maximum Gasteiger partial charge on any atom is 0.237 e. The number of aliphatic hydroxyl groups is 1. The van der Waals surface area contributed by atoms with Crippen molar-refractivity contribution >= 4 is 50.2 Å². The van der Waals surface area contributed by atoms with Crippen LogP contribution in [0.15, 0.2) is 113 Å². The van der Waals surface area contributed by atoms with Gasteiger partial charge in [-0.05, 0) is 83.6 Å². The number of nitrogens with zero attached hydrogens (tertiary/aromatic N) is 1. The average molecular weight is 581 g/mol. The number of benzene rings is 4. The van der Waals surface area contributed by atoms with Gasteiger partial charge in [0.15, 0.2) is 0 Å². The molecule has 2 aliphatic heterocycles. The summed E-state index contributed by atoms with van der Waals surface area (Å²) in [5, 5.41) is 19.6. The van der Waals surface area contributed by atoms with E-state index in [-0.39, 0.29) is 16.9 Å². The van der Waals surface area contributed by atoms with Crippen LogP contribution >= 0.6 is 0 Å². The molecule has 4 aromatic carbocycles. The normalized spacial score (nSPS) is 24.5. The van der Waals surface area contributed by atoms with Gasteiger partial charge >= 0.3 is 0 Å². The molecule has 5 heteroatoms. The van der Waals surface area contributed by atoms with Crippen LogP contribution in [-0.2, 0) is 20.4 Å². The fourth-order valence-corrected chi connectivity index (χ4v) is 7.76. The Kier molecular flexibility index (Phi) is 6.47. The third-order valence-corrected chi connectivity index (χ3v) is 9.89. The van der Waals surface area contributed by atoms with E-state index in [0.29, 0.717) is 5.71 Å². The zero-order valence-corrected chi connectivity index (χ0v) is 25.6. The number of aliphatic imine (C=N–C) groups is 1. The summed E-state index contributed by atoms with van der Waals surface area (Å²) < 4.78 is 0. The van der Waals surface area contributed by atoms with E-state index in [4.69, 9.17) is 4.99 Å². The number of aliphatic hydroxyl groups excluding tert-OH is 1. The largest absolute Gasteiger partial charge is 0.506 e. The van der Waals surface area contributed by atoms with Crippen LogP contribution in [0, 0.1) is 0 Å². The number of allylic oxidation sites excluding steroid dienone is 5. The molecule has 5 nitrogen and oxygen atoms in total. The van der Waals surface area contributed by atoms with Crippen molar-refractivity contribution in [2.45, 2.75) is 64.2 Å². The molecule has 0 amide bonds. The van der Waals surface area contributed by atoms with E-state index in [0.717, 1.165) is 69.9 Å². The summed E-state index contributed by atoms with van der Waals surface area (Å²) in [6, 6.07) is 24.8. The Hall–Kier alpha value is -4.77. The van der Waals surface area contributed by atoms with Gasteiger partial charge in [-0.15, -0.1) is 0 Å². The number of carbonyl (C=O) groups is 2. The summed E-state index contributed by atoms with van der Waals surface area (Å²) in [4.78, 5) is 32.0. The predicted octanol–water partition coefficient (Wildman–Crippen LogP) is 9.09. The number of fused-ring (bicyclic) bond motifs is 6. The van der Waals surface area contributed by atoms with Crippen LogP contribution in [-0.4, -0.2) is 22.4 Å². The van der Waals surface area contributed by atoms with Crippen LogP contribution < -0.4 is 5.32 Å². The molecule has 44 heavy (non-hydrogen) atoms. The first-order valence-corrected chi connectivity index (χ1v) is 15.6. The van der Waals surface area contributed by atoms with Crippen LogP contribution in [0.2, 0.25) is 0 Å². The van der Waals surface area contributed by atoms with Crippen molar-refractivity contribution in [1.29, 1.82) is 0 Å². The second-order valence-electron chi connectivity index (χ2n) is 12.7. The number of Topliss-reactive ketones (excluding diaryl/α,β-unsaturated/α-hetero) is 2. The highest BCUT2D eigenvalue weighted by atomic mass is 16.3. The van der Waals surface area contributed by atoms with Gasteiger partial charge in [0.2, 0.25) is 11.6 Å². The lowest BCUT2D eigenvalue weighted by atomic mass is 9.73. The number of hydrogen-bond acceptors (Lipinski definition) is 5. The highest BCUT2D eigenvalue weighted by Crippen LogP contribution is 2.51. The van der Waals surface area contributed by atoms with Crippen LogP contribution in [0.1, 0.15) is 64.5 Å². The van der Waals surface area contributed by atoms with E-state index < -0.39 is 22.4 Å². The van der Waals surface area contributed by atoms with Crippen LogP contribution in [0.5, 0.6) is 0 Å². The fraction of sp³-hybridized carbons (Fsp3) is 0.256. The summed E-state index contributed by atoms with van der Waals surface area (Å²) in [5.41, 5.74) is 4.80. The molecule has 0 spiro atoms. The molecular weight excluding hydrogens is 544 g/mol. The smallest absolute Gasteiger partial charge is 0.237 e. The summed E-state index contributed by atoms with van der Waals surface area (Å²) >= 11 is 0. The van der Waals surface area contributed by atoms with Gasteiger partial charge in [0.1, 0.15) is 5.76 Å². The van der Waals surface area contributed by atoms with Crippen LogP contribution in [0.3, 0.4) is 0 Å². The Balaban J connectivity index is 1.34. The molecule has 220 valence electrons. The van der Waals surface area contributed by atoms with E-state index in [9.17, 15) is 14.7 Å². The van der Waals surface area contributed by atoms with Crippen molar-refractivity contribution in [3.05, 3.63) is 119 Å². The van der Waals surface area contributed by atoms with Crippen molar-refractivity contribution in [1.82, 2.24) is 0 Å². The average Bonchev–Trinajstić information content (AvgIpc) is 3.54. The minimum atomic E-state index is -0.699. The second kappa shape index (κ2) is 10.2. The van der Waals surface area contributed by atoms with Gasteiger partial charge < -0.3 is 10.4 Å². The molecule has 3 aliphatic rings. The highest BCUT2D eigenvalue weighted by Gasteiger charge is 2.44. The number of hydrogen-bond donors (Lipinski definition) is 2. The molecule has 4 aromatic rings. The van der Waals surface area contributed by atoms with Gasteiger partial charge in [-0.3, -0.25) is 14.6 Å². The van der Waals surface area contributed by atoms with Crippen LogP contribution in [0.4, 0.5) is 11.4 Å². The summed E-state index contributed by atoms with van der Waals surface area (Å²) in [5.74, 6) is -1.67. The zero-order chi connectivity index (χ0) is 30.8. The van der Waals surface area contributed by atoms with Crippen molar-refractivity contribution < 1.29 is 14.7 Å². The van der Waals surface area contributed by atoms with Gasteiger partial charge in [0, 0.05) is 22.2 Å². The summed E-state index contributed by atoms with van der Waals surface area (Å²) in [6.45, 7) is 8.60. The Morgan fingerprint density at radius 2 is 1.36 bits per heavy atom. The Morgan fingerprint density at radius 1 is 0.750 bits per heavy atom. The van der Waals surface area contributed by atoms with Gasteiger partial charge in [0.05, 0.1) is 22.5 Å². The Bertz CT molecular complexity index is 2050. The third-order valence-electron chi connectivity index (χ3n) is 9.89. The standard InChI is InChI=1S/C39H36N2O3/c1-5-19-38(3)31(40-29-17-15-23-11-7-9-13-25(23)33(29)38)21-27-35(42)28(37(44)36(27)43)22-32-39(4,20-6-2)34-26-14-10-8-12-24(26)16-18-30(34)41-32/h7-18,21-22,40,42H,5-6,19-20H2,1-4H3/b28-22-,31-21+. The van der Waals surface area contributed by atoms with Crippen molar-refractivity contribution in [3.63, 3.8) is 0 Å². The second-order valence-corrected chi connectivity index (χ2v) is 12.7. The quantitative estimate of drug-likeness (QED) is 0.176. The number of carbonyl (C=O) groups excluding carboxylic acids is 2. The van der Waals surface area contributed by atoms with E-state index in [2.05, 4.69) is 75.5 Å². The first-order chi connectivity index (χ1) is 21.2. The van der Waals surface area contributed by atoms with E-state index in [1.807, 2.05) is 30.3 Å². The van der Waals surface area contributed by atoms with E-state index >= 15 is 0 Å². The maximum atomic E-state index is 13.5. The number of anilines is 1. The molecular formula is C39H36N2O3. The molecule has 2 heterocycles. The van der Waals surface area contributed by atoms with E-state index in [1.54, 1.807) is 12.2 Å². The van der Waals surface area contributed by atoms with Gasteiger partial charge in [-0.25, -0.2) is 0 Å². The van der Waals surface area contributed by atoms with E-state index in [1.165, 1.54) is 5.56 Å². The molecule has 0 saturated carbocycles. The van der Waals surface area contributed by atoms with Gasteiger partial charge in [-0.2, -0.15) is 0 Å². The number of rotatable bonds is 6. The van der Waals surface area contributed by atoms with Crippen molar-refractivity contribution in [2.75, 3.05) is 5.32 Å². The van der Waals surface area contributed by atoms with Gasteiger partial charge in [-0.1, -0.05) is 87.4 Å². The first-order valence-electron chi connectivity index (χ1n) is 15.6. The third kappa shape index (κ3) is 3.95.